The maximum Gasteiger partial charge on any atom is 0.327 e. The van der Waals surface area contributed by atoms with Crippen LogP contribution in [0, 0.1) is 22.0 Å². The molecule has 0 saturated carbocycles. The van der Waals surface area contributed by atoms with Crippen LogP contribution in [0.5, 0.6) is 23.0 Å². The lowest BCUT2D eigenvalue weighted by molar-refractivity contribution is -0.386. The zero-order valence-electron chi connectivity index (χ0n) is 24.2. The van der Waals surface area contributed by atoms with Gasteiger partial charge in [-0.05, 0) is 36.1 Å². The predicted molar refractivity (Wildman–Crippen MR) is 152 cm³/mol. The van der Waals surface area contributed by atoms with Crippen LogP contribution in [0.2, 0.25) is 0 Å². The van der Waals surface area contributed by atoms with Crippen molar-refractivity contribution < 1.29 is 33.3 Å². The highest BCUT2D eigenvalue weighted by molar-refractivity contribution is 6.02. The maximum absolute atomic E-state index is 11.4. The number of nitrogen functional groups attached to an aromatic ring is 1. The molecule has 0 aromatic heterocycles. The molecule has 4 rings (SSSR count). The van der Waals surface area contributed by atoms with Gasteiger partial charge in [0.1, 0.15) is 18.8 Å². The molecule has 12 nitrogen and oxygen atoms in total. The fraction of sp³-hybridized carbons (Fsp3) is 0.500. The molecule has 2 N–H and O–H groups in total. The molecule has 0 fully saturated rings. The van der Waals surface area contributed by atoms with E-state index < -0.39 is 4.92 Å². The lowest BCUT2D eigenvalue weighted by Crippen LogP contribution is -2.13. The van der Waals surface area contributed by atoms with E-state index in [1.54, 1.807) is 32.4 Å². The lowest BCUT2D eigenvalue weighted by Gasteiger charge is -2.13. The second-order valence-electron chi connectivity index (χ2n) is 9.83. The van der Waals surface area contributed by atoms with Crippen molar-refractivity contribution in [1.82, 2.24) is 0 Å². The van der Waals surface area contributed by atoms with Crippen LogP contribution in [0.3, 0.4) is 0 Å². The van der Waals surface area contributed by atoms with Gasteiger partial charge in [0.15, 0.2) is 17.2 Å². The van der Waals surface area contributed by atoms with E-state index in [1.807, 2.05) is 19.9 Å². The van der Waals surface area contributed by atoms with Gasteiger partial charge in [0, 0.05) is 0 Å². The van der Waals surface area contributed by atoms with Crippen molar-refractivity contribution in [2.75, 3.05) is 47.4 Å². The lowest BCUT2D eigenvalue weighted by atomic mass is 10.1. The average Bonchev–Trinajstić information content (AvgIpc) is 3.63. The standard InChI is InChI=1S/C14H18N2O5.C14H20N2O3/c1-8(2)10-7-21-14(15-10)9-5-6-11(19-3)13(20-4)12(9)16(17)18;1-8(2)10-7-19-14(16-10)9-5-6-11(17-3)13(18-4)12(9)15/h5-6,8,10H,7H2,1-4H3;5-6,8,10H,7,15H2,1-4H3/t2*10-/m11/s1. The van der Waals surface area contributed by atoms with Gasteiger partial charge in [-0.2, -0.15) is 0 Å². The van der Waals surface area contributed by atoms with Gasteiger partial charge in [-0.3, -0.25) is 10.1 Å². The van der Waals surface area contributed by atoms with Gasteiger partial charge in [0.05, 0.1) is 56.7 Å². The molecular formula is C28H38N4O8. The Morgan fingerprint density at radius 1 is 0.800 bits per heavy atom. The molecule has 0 aliphatic carbocycles. The van der Waals surface area contributed by atoms with Crippen molar-refractivity contribution >= 4 is 23.2 Å². The molecular weight excluding hydrogens is 520 g/mol. The molecule has 0 spiro atoms. The molecule has 2 aliphatic rings. The van der Waals surface area contributed by atoms with E-state index >= 15 is 0 Å². The van der Waals surface area contributed by atoms with Crippen molar-refractivity contribution in [3.05, 3.63) is 45.5 Å². The van der Waals surface area contributed by atoms with E-state index in [1.165, 1.54) is 14.2 Å². The summed E-state index contributed by atoms with van der Waals surface area (Å²) in [5.74, 6) is 3.09. The first-order chi connectivity index (χ1) is 19.1. The van der Waals surface area contributed by atoms with Gasteiger partial charge in [0.25, 0.3) is 0 Å². The number of aliphatic imine (C=N–C) groups is 2. The van der Waals surface area contributed by atoms with Gasteiger partial charge >= 0.3 is 5.69 Å². The largest absolute Gasteiger partial charge is 0.493 e. The summed E-state index contributed by atoms with van der Waals surface area (Å²) in [4.78, 5) is 19.9. The molecule has 2 atom stereocenters. The molecule has 0 bridgehead atoms. The van der Waals surface area contributed by atoms with E-state index in [0.717, 1.165) is 5.56 Å². The van der Waals surface area contributed by atoms with Crippen LogP contribution in [0.15, 0.2) is 34.3 Å². The van der Waals surface area contributed by atoms with Crippen LogP contribution < -0.4 is 24.7 Å². The van der Waals surface area contributed by atoms with Gasteiger partial charge in [-0.25, -0.2) is 9.98 Å². The smallest absolute Gasteiger partial charge is 0.327 e. The Morgan fingerprint density at radius 3 is 1.65 bits per heavy atom. The first-order valence-electron chi connectivity index (χ1n) is 12.9. The molecule has 0 saturated heterocycles. The zero-order valence-corrected chi connectivity index (χ0v) is 24.2. The number of nitrogens with zero attached hydrogens (tertiary/aromatic N) is 3. The van der Waals surface area contributed by atoms with E-state index in [9.17, 15) is 10.1 Å². The molecule has 0 unspecified atom stereocenters. The van der Waals surface area contributed by atoms with Gasteiger partial charge in [0.2, 0.25) is 17.5 Å². The maximum atomic E-state index is 11.4. The van der Waals surface area contributed by atoms with Crippen LogP contribution in [0.1, 0.15) is 38.8 Å². The van der Waals surface area contributed by atoms with E-state index in [2.05, 4.69) is 23.8 Å². The van der Waals surface area contributed by atoms with Crippen LogP contribution >= 0.6 is 0 Å². The highest BCUT2D eigenvalue weighted by Crippen LogP contribution is 2.40. The third-order valence-electron chi connectivity index (χ3n) is 6.63. The number of nitrogens with two attached hydrogens (primary N) is 1. The van der Waals surface area contributed by atoms with Crippen molar-refractivity contribution in [3.63, 3.8) is 0 Å². The molecule has 2 heterocycles. The van der Waals surface area contributed by atoms with Crippen LogP contribution in [0.25, 0.3) is 0 Å². The summed E-state index contributed by atoms with van der Waals surface area (Å²) in [6, 6.07) is 7.02. The minimum atomic E-state index is -0.509. The van der Waals surface area contributed by atoms with Crippen LogP contribution in [-0.4, -0.2) is 70.5 Å². The minimum absolute atomic E-state index is 0.00713. The Balaban J connectivity index is 0.000000222. The Kier molecular flexibility index (Phi) is 10.0. The number of hydrogen-bond acceptors (Lipinski definition) is 11. The number of nitro benzene ring substituents is 1. The van der Waals surface area contributed by atoms with Crippen molar-refractivity contribution in [2.45, 2.75) is 39.8 Å². The predicted octanol–water partition coefficient (Wildman–Crippen LogP) is 4.50. The van der Waals surface area contributed by atoms with Crippen LogP contribution in [-0.2, 0) is 9.47 Å². The van der Waals surface area contributed by atoms with E-state index in [-0.39, 0.29) is 29.4 Å². The summed E-state index contributed by atoms with van der Waals surface area (Å²) in [7, 11) is 5.93. The summed E-state index contributed by atoms with van der Waals surface area (Å²) < 4.78 is 31.9. The summed E-state index contributed by atoms with van der Waals surface area (Å²) in [6.07, 6.45) is 0. The topological polar surface area (TPSA) is 149 Å². The Labute approximate surface area is 234 Å². The molecule has 0 radical (unpaired) electrons. The molecule has 218 valence electrons. The van der Waals surface area contributed by atoms with Crippen molar-refractivity contribution in [2.24, 2.45) is 21.8 Å². The van der Waals surface area contributed by atoms with Crippen molar-refractivity contribution in [1.29, 1.82) is 0 Å². The molecule has 40 heavy (non-hydrogen) atoms. The quantitative estimate of drug-likeness (QED) is 0.267. The number of hydrogen-bond donors (Lipinski definition) is 1. The first kappa shape index (κ1) is 30.3. The Bertz CT molecular complexity index is 1280. The number of anilines is 1. The van der Waals surface area contributed by atoms with Gasteiger partial charge in [-0.1, -0.05) is 27.7 Å². The van der Waals surface area contributed by atoms with Crippen molar-refractivity contribution in [3.8, 4) is 23.0 Å². The number of benzene rings is 2. The third-order valence-corrected chi connectivity index (χ3v) is 6.63. The Morgan fingerprint density at radius 2 is 1.25 bits per heavy atom. The highest BCUT2D eigenvalue weighted by atomic mass is 16.6. The monoisotopic (exact) mass is 558 g/mol. The first-order valence-corrected chi connectivity index (χ1v) is 12.9. The zero-order chi connectivity index (χ0) is 29.6. The normalized spacial score (nSPS) is 17.8. The minimum Gasteiger partial charge on any atom is -0.493 e. The third kappa shape index (κ3) is 6.32. The molecule has 2 aliphatic heterocycles. The van der Waals surface area contributed by atoms with E-state index in [4.69, 9.17) is 34.2 Å². The number of nitro groups is 1. The summed E-state index contributed by atoms with van der Waals surface area (Å²) in [6.45, 7) is 9.34. The fourth-order valence-corrected chi connectivity index (χ4v) is 4.16. The SMILES string of the molecule is COc1ccc(C2=N[C@@H](C(C)C)CO2)c(N)c1OC.COc1ccc(C2=N[C@@H](C(C)C)CO2)c([N+](=O)[O-])c1OC. The van der Waals surface area contributed by atoms with Gasteiger partial charge < -0.3 is 34.2 Å². The molecule has 12 heteroatoms. The summed E-state index contributed by atoms with van der Waals surface area (Å²) in [5.41, 5.74) is 7.46. The highest BCUT2D eigenvalue weighted by Gasteiger charge is 2.32. The van der Waals surface area contributed by atoms with E-state index in [0.29, 0.717) is 59.4 Å². The molecule has 2 aromatic rings. The van der Waals surface area contributed by atoms with Crippen LogP contribution in [0.4, 0.5) is 11.4 Å². The fourth-order valence-electron chi connectivity index (χ4n) is 4.16. The average molecular weight is 559 g/mol. The summed E-state index contributed by atoms with van der Waals surface area (Å²) in [5, 5.41) is 11.4. The number of methoxy groups -OCH3 is 4. The van der Waals surface area contributed by atoms with Gasteiger partial charge in [-0.15, -0.1) is 0 Å². The number of ether oxygens (including phenoxy) is 6. The summed E-state index contributed by atoms with van der Waals surface area (Å²) >= 11 is 0. The second kappa shape index (κ2) is 13.2. The number of rotatable bonds is 9. The molecule has 0 amide bonds. The molecule has 2 aromatic carbocycles. The second-order valence-corrected chi connectivity index (χ2v) is 9.83. The Hall–Kier alpha value is -4.22.